The molecule has 0 atom stereocenters. The van der Waals surface area contributed by atoms with Crippen molar-refractivity contribution < 1.29 is 23.8 Å². The Morgan fingerprint density at radius 2 is 1.92 bits per heavy atom. The Hall–Kier alpha value is -3.29. The molecule has 2 aromatic rings. The van der Waals surface area contributed by atoms with E-state index in [1.165, 1.54) is 20.0 Å². The number of anilines is 1. The molecule has 26 heavy (non-hydrogen) atoms. The normalized spacial score (nSPS) is 15.9. The lowest BCUT2D eigenvalue weighted by Crippen LogP contribution is -2.42. The third kappa shape index (κ3) is 4.02. The highest BCUT2D eigenvalue weighted by Gasteiger charge is 2.38. The van der Waals surface area contributed by atoms with Gasteiger partial charge >= 0.3 is 11.9 Å². The standard InChI is InChI=1S/C18H19N3O5/c1-18(2)25-16(22)13(17(23)26-18)9-19-14-6-4-5-7-15(14)24-11-12-8-20-21(3)10-12/h4-10,19H,11H2,1-3H3. The summed E-state index contributed by atoms with van der Waals surface area (Å²) < 4.78 is 17.6. The molecule has 1 aromatic heterocycles. The lowest BCUT2D eigenvalue weighted by molar-refractivity contribution is -0.222. The third-order valence-corrected chi connectivity index (χ3v) is 3.53. The van der Waals surface area contributed by atoms with E-state index in [-0.39, 0.29) is 5.57 Å². The molecular formula is C18H19N3O5. The highest BCUT2D eigenvalue weighted by Crippen LogP contribution is 2.26. The minimum atomic E-state index is -1.27. The number of cyclic esters (lactones) is 2. The maximum Gasteiger partial charge on any atom is 0.350 e. The maximum absolute atomic E-state index is 12.0. The van der Waals surface area contributed by atoms with Crippen LogP contribution in [0, 0.1) is 0 Å². The Balaban J connectivity index is 1.72. The number of nitrogens with one attached hydrogen (secondary N) is 1. The molecular weight excluding hydrogens is 338 g/mol. The van der Waals surface area contributed by atoms with Gasteiger partial charge in [-0.05, 0) is 12.1 Å². The van der Waals surface area contributed by atoms with Crippen molar-refractivity contribution in [1.29, 1.82) is 0 Å². The van der Waals surface area contributed by atoms with Crippen LogP contribution in [0.15, 0.2) is 48.4 Å². The second-order valence-electron chi connectivity index (χ2n) is 6.19. The minimum Gasteiger partial charge on any atom is -0.487 e. The Kier molecular flexibility index (Phi) is 4.66. The van der Waals surface area contributed by atoms with Crippen LogP contribution in [-0.4, -0.2) is 27.5 Å². The topological polar surface area (TPSA) is 91.7 Å². The van der Waals surface area contributed by atoms with Crippen molar-refractivity contribution in [2.75, 3.05) is 5.32 Å². The van der Waals surface area contributed by atoms with Crippen LogP contribution in [0.5, 0.6) is 5.75 Å². The van der Waals surface area contributed by atoms with E-state index in [9.17, 15) is 9.59 Å². The SMILES string of the molecule is Cn1cc(COc2ccccc2NC=C2C(=O)OC(C)(C)OC2=O)cn1. The van der Waals surface area contributed by atoms with E-state index in [2.05, 4.69) is 10.4 Å². The van der Waals surface area contributed by atoms with E-state index in [0.29, 0.717) is 18.0 Å². The van der Waals surface area contributed by atoms with Crippen molar-refractivity contribution in [1.82, 2.24) is 9.78 Å². The molecule has 1 aromatic carbocycles. The molecule has 1 fully saturated rings. The van der Waals surface area contributed by atoms with Crippen molar-refractivity contribution in [3.8, 4) is 5.75 Å². The molecule has 1 aliphatic rings. The van der Waals surface area contributed by atoms with Crippen LogP contribution >= 0.6 is 0 Å². The fourth-order valence-electron chi connectivity index (χ4n) is 2.35. The Bertz CT molecular complexity index is 847. The summed E-state index contributed by atoms with van der Waals surface area (Å²) in [6, 6.07) is 7.16. The molecule has 0 radical (unpaired) electrons. The summed E-state index contributed by atoms with van der Waals surface area (Å²) in [5, 5.41) is 6.99. The Morgan fingerprint density at radius 1 is 1.23 bits per heavy atom. The maximum atomic E-state index is 12.0. The molecule has 0 spiro atoms. The zero-order valence-corrected chi connectivity index (χ0v) is 14.7. The van der Waals surface area contributed by atoms with Crippen LogP contribution < -0.4 is 10.1 Å². The molecule has 1 N–H and O–H groups in total. The van der Waals surface area contributed by atoms with Crippen LogP contribution in [-0.2, 0) is 32.7 Å². The Labute approximate surface area is 150 Å². The van der Waals surface area contributed by atoms with Gasteiger partial charge in [0, 0.05) is 38.9 Å². The molecule has 1 saturated heterocycles. The minimum absolute atomic E-state index is 0.216. The lowest BCUT2D eigenvalue weighted by Gasteiger charge is -2.29. The number of carbonyl (C=O) groups excluding carboxylic acids is 2. The van der Waals surface area contributed by atoms with Crippen molar-refractivity contribution >= 4 is 17.6 Å². The van der Waals surface area contributed by atoms with Crippen molar-refractivity contribution in [3.05, 3.63) is 54.0 Å². The molecule has 0 saturated carbocycles. The van der Waals surface area contributed by atoms with Gasteiger partial charge < -0.3 is 19.5 Å². The van der Waals surface area contributed by atoms with E-state index < -0.39 is 17.7 Å². The van der Waals surface area contributed by atoms with Crippen LogP contribution in [0.2, 0.25) is 0 Å². The molecule has 3 rings (SSSR count). The molecule has 0 unspecified atom stereocenters. The van der Waals surface area contributed by atoms with E-state index in [1.807, 2.05) is 19.3 Å². The van der Waals surface area contributed by atoms with E-state index >= 15 is 0 Å². The largest absolute Gasteiger partial charge is 0.487 e. The number of carbonyl (C=O) groups is 2. The molecule has 2 heterocycles. The predicted molar refractivity (Wildman–Crippen MR) is 92.0 cm³/mol. The lowest BCUT2D eigenvalue weighted by atomic mass is 10.2. The fourth-order valence-corrected chi connectivity index (χ4v) is 2.35. The molecule has 136 valence electrons. The molecule has 0 aliphatic carbocycles. The van der Waals surface area contributed by atoms with Gasteiger partial charge in [0.25, 0.3) is 5.79 Å². The number of ether oxygens (including phenoxy) is 3. The fraction of sp³-hybridized carbons (Fsp3) is 0.278. The average Bonchev–Trinajstić information content (AvgIpc) is 2.97. The number of hydrogen-bond acceptors (Lipinski definition) is 7. The van der Waals surface area contributed by atoms with Crippen LogP contribution in [0.3, 0.4) is 0 Å². The number of aromatic nitrogens is 2. The smallest absolute Gasteiger partial charge is 0.350 e. The van der Waals surface area contributed by atoms with Gasteiger partial charge in [0.2, 0.25) is 0 Å². The number of aryl methyl sites for hydroxylation is 1. The first-order valence-electron chi connectivity index (χ1n) is 7.97. The second kappa shape index (κ2) is 6.91. The number of para-hydroxylation sites is 2. The van der Waals surface area contributed by atoms with Gasteiger partial charge in [-0.3, -0.25) is 4.68 Å². The van der Waals surface area contributed by atoms with Gasteiger partial charge in [0.1, 0.15) is 12.4 Å². The van der Waals surface area contributed by atoms with Gasteiger partial charge in [-0.2, -0.15) is 5.10 Å². The monoisotopic (exact) mass is 357 g/mol. The summed E-state index contributed by atoms with van der Waals surface area (Å²) in [4.78, 5) is 23.9. The molecule has 0 amide bonds. The van der Waals surface area contributed by atoms with E-state index in [0.717, 1.165) is 5.56 Å². The highest BCUT2D eigenvalue weighted by molar-refractivity contribution is 6.15. The second-order valence-corrected chi connectivity index (χ2v) is 6.19. The summed E-state index contributed by atoms with van der Waals surface area (Å²) in [7, 11) is 1.83. The Morgan fingerprint density at radius 3 is 2.58 bits per heavy atom. The number of esters is 2. The quantitative estimate of drug-likeness (QED) is 0.498. The van der Waals surface area contributed by atoms with E-state index in [4.69, 9.17) is 14.2 Å². The first-order chi connectivity index (χ1) is 12.3. The molecule has 8 nitrogen and oxygen atoms in total. The first kappa shape index (κ1) is 17.5. The van der Waals surface area contributed by atoms with Crippen molar-refractivity contribution in [3.63, 3.8) is 0 Å². The van der Waals surface area contributed by atoms with Gasteiger partial charge in [0.05, 0.1) is 11.9 Å². The van der Waals surface area contributed by atoms with Gasteiger partial charge in [-0.25, -0.2) is 9.59 Å². The number of hydrogen-bond donors (Lipinski definition) is 1. The summed E-state index contributed by atoms with van der Waals surface area (Å²) in [6.07, 6.45) is 4.83. The van der Waals surface area contributed by atoms with Crippen LogP contribution in [0.1, 0.15) is 19.4 Å². The number of benzene rings is 1. The summed E-state index contributed by atoms with van der Waals surface area (Å²) in [6.45, 7) is 3.32. The van der Waals surface area contributed by atoms with Gasteiger partial charge in [0.15, 0.2) is 5.57 Å². The zero-order chi connectivity index (χ0) is 18.7. The van der Waals surface area contributed by atoms with Crippen LogP contribution in [0.4, 0.5) is 5.69 Å². The van der Waals surface area contributed by atoms with Crippen LogP contribution in [0.25, 0.3) is 0 Å². The summed E-state index contributed by atoms with van der Waals surface area (Å²) >= 11 is 0. The molecule has 8 heteroatoms. The summed E-state index contributed by atoms with van der Waals surface area (Å²) in [5.74, 6) is -2.19. The summed E-state index contributed by atoms with van der Waals surface area (Å²) in [5.41, 5.74) is 1.29. The third-order valence-electron chi connectivity index (χ3n) is 3.53. The van der Waals surface area contributed by atoms with E-state index in [1.54, 1.807) is 29.1 Å². The average molecular weight is 357 g/mol. The highest BCUT2D eigenvalue weighted by atomic mass is 16.7. The van der Waals surface area contributed by atoms with Crippen molar-refractivity contribution in [2.24, 2.45) is 7.05 Å². The number of rotatable bonds is 5. The predicted octanol–water partition coefficient (Wildman–Crippen LogP) is 2.13. The molecule has 0 bridgehead atoms. The first-order valence-corrected chi connectivity index (χ1v) is 7.97. The zero-order valence-electron chi connectivity index (χ0n) is 14.7. The van der Waals surface area contributed by atoms with Crippen molar-refractivity contribution in [2.45, 2.75) is 26.2 Å². The van der Waals surface area contributed by atoms with Gasteiger partial charge in [-0.15, -0.1) is 0 Å². The number of nitrogens with zero attached hydrogens (tertiary/aromatic N) is 2. The molecule has 1 aliphatic heterocycles. The van der Waals surface area contributed by atoms with Gasteiger partial charge in [-0.1, -0.05) is 12.1 Å².